The average Bonchev–Trinajstić information content (AvgIpc) is 2.69. The highest BCUT2D eigenvalue weighted by Gasteiger charge is 2.12. The van der Waals surface area contributed by atoms with E-state index in [9.17, 15) is 14.0 Å². The summed E-state index contributed by atoms with van der Waals surface area (Å²) in [7, 11) is 1.47. The number of rotatable bonds is 8. The van der Waals surface area contributed by atoms with Crippen molar-refractivity contribution in [2.75, 3.05) is 20.3 Å². The summed E-state index contributed by atoms with van der Waals surface area (Å²) in [5, 5.41) is 6.72. The Kier molecular flexibility index (Phi) is 8.85. The Morgan fingerprint density at radius 1 is 1.21 bits per heavy atom. The van der Waals surface area contributed by atoms with Crippen molar-refractivity contribution in [3.8, 4) is 5.75 Å². The number of carbonyl (C=O) groups is 2. The van der Waals surface area contributed by atoms with Crippen molar-refractivity contribution in [1.82, 2.24) is 10.7 Å². The van der Waals surface area contributed by atoms with E-state index in [0.717, 1.165) is 0 Å². The van der Waals surface area contributed by atoms with Crippen LogP contribution in [-0.2, 0) is 20.9 Å². The molecule has 0 aliphatic heterocycles. The molecule has 0 saturated heterocycles. The second-order valence-corrected chi connectivity index (χ2v) is 6.46. The SMILES string of the molecule is COCCNC(=O)C(=O)N/N=C\c1cc(Cl)ccc1OCc1c(F)cccc1Cl. The lowest BCUT2D eigenvalue weighted by atomic mass is 10.2. The average molecular weight is 442 g/mol. The Hall–Kier alpha value is -2.68. The molecular weight excluding hydrogens is 424 g/mol. The van der Waals surface area contributed by atoms with E-state index in [2.05, 4.69) is 15.8 Å². The van der Waals surface area contributed by atoms with Gasteiger partial charge in [-0.2, -0.15) is 5.10 Å². The number of ether oxygens (including phenoxy) is 2. The molecule has 2 N–H and O–H groups in total. The molecule has 0 saturated carbocycles. The van der Waals surface area contributed by atoms with Crippen LogP contribution in [0.4, 0.5) is 4.39 Å². The summed E-state index contributed by atoms with van der Waals surface area (Å²) in [6.45, 7) is 0.344. The number of nitrogens with one attached hydrogen (secondary N) is 2. The fourth-order valence-electron chi connectivity index (χ4n) is 2.13. The van der Waals surface area contributed by atoms with Crippen LogP contribution in [0.5, 0.6) is 5.75 Å². The van der Waals surface area contributed by atoms with E-state index in [0.29, 0.717) is 16.3 Å². The highest BCUT2D eigenvalue weighted by atomic mass is 35.5. The number of nitrogens with zero attached hydrogens (tertiary/aromatic N) is 1. The molecule has 2 amide bonds. The Balaban J connectivity index is 2.03. The van der Waals surface area contributed by atoms with E-state index in [4.69, 9.17) is 32.7 Å². The number of hydrogen-bond donors (Lipinski definition) is 2. The molecule has 29 heavy (non-hydrogen) atoms. The van der Waals surface area contributed by atoms with Crippen LogP contribution in [0.25, 0.3) is 0 Å². The largest absolute Gasteiger partial charge is 0.488 e. The highest BCUT2D eigenvalue weighted by molar-refractivity contribution is 6.35. The minimum absolute atomic E-state index is 0.123. The molecule has 0 aromatic heterocycles. The number of halogens is 3. The van der Waals surface area contributed by atoms with Gasteiger partial charge in [-0.3, -0.25) is 9.59 Å². The van der Waals surface area contributed by atoms with Crippen LogP contribution in [0.1, 0.15) is 11.1 Å². The maximum Gasteiger partial charge on any atom is 0.329 e. The fourth-order valence-corrected chi connectivity index (χ4v) is 2.53. The highest BCUT2D eigenvalue weighted by Crippen LogP contribution is 2.25. The summed E-state index contributed by atoms with van der Waals surface area (Å²) in [5.41, 5.74) is 2.70. The lowest BCUT2D eigenvalue weighted by molar-refractivity contribution is -0.139. The molecule has 10 heteroatoms. The molecule has 0 radical (unpaired) electrons. The molecule has 154 valence electrons. The molecule has 2 aromatic rings. The minimum Gasteiger partial charge on any atom is -0.488 e. The monoisotopic (exact) mass is 441 g/mol. The molecule has 0 aliphatic carbocycles. The summed E-state index contributed by atoms with van der Waals surface area (Å²) in [5.74, 6) is -1.96. The Morgan fingerprint density at radius 3 is 2.72 bits per heavy atom. The van der Waals surface area contributed by atoms with Gasteiger partial charge in [0.25, 0.3) is 0 Å². The van der Waals surface area contributed by atoms with Gasteiger partial charge in [0.2, 0.25) is 0 Å². The van der Waals surface area contributed by atoms with Crippen LogP contribution in [0.15, 0.2) is 41.5 Å². The Bertz CT molecular complexity index is 889. The lowest BCUT2D eigenvalue weighted by Gasteiger charge is -2.11. The van der Waals surface area contributed by atoms with Gasteiger partial charge in [0.15, 0.2) is 0 Å². The molecule has 0 fully saturated rings. The van der Waals surface area contributed by atoms with Crippen molar-refractivity contribution in [1.29, 1.82) is 0 Å². The molecule has 0 bridgehead atoms. The second kappa shape index (κ2) is 11.4. The molecule has 0 atom stereocenters. The third kappa shape index (κ3) is 7.01. The molecule has 0 aliphatic rings. The molecular formula is C19H18Cl2FN3O4. The standard InChI is InChI=1S/C19H18Cl2FN3O4/c1-28-8-7-23-18(26)19(27)25-24-10-12-9-13(20)5-6-17(12)29-11-14-15(21)3-2-4-16(14)22/h2-6,9-10H,7-8,11H2,1H3,(H,23,26)(H,25,27)/b24-10-. The third-order valence-electron chi connectivity index (χ3n) is 3.57. The van der Waals surface area contributed by atoms with E-state index < -0.39 is 17.6 Å². The predicted molar refractivity (Wildman–Crippen MR) is 108 cm³/mol. The van der Waals surface area contributed by atoms with Crippen LogP contribution in [-0.4, -0.2) is 38.3 Å². The summed E-state index contributed by atoms with van der Waals surface area (Å²) < 4.78 is 24.3. The zero-order chi connectivity index (χ0) is 21.2. The van der Waals surface area contributed by atoms with Crippen molar-refractivity contribution >= 4 is 41.2 Å². The second-order valence-electron chi connectivity index (χ2n) is 5.62. The van der Waals surface area contributed by atoms with Gasteiger partial charge in [0.05, 0.1) is 17.8 Å². The van der Waals surface area contributed by atoms with Gasteiger partial charge in [-0.05, 0) is 30.3 Å². The lowest BCUT2D eigenvalue weighted by Crippen LogP contribution is -2.39. The van der Waals surface area contributed by atoms with Crippen LogP contribution in [0.2, 0.25) is 10.0 Å². The number of hydrogen-bond acceptors (Lipinski definition) is 5. The van der Waals surface area contributed by atoms with Gasteiger partial charge in [0, 0.05) is 29.8 Å². The summed E-state index contributed by atoms with van der Waals surface area (Å²) in [6.07, 6.45) is 1.25. The number of methoxy groups -OCH3 is 1. The first-order valence-corrected chi connectivity index (χ1v) is 9.13. The van der Waals surface area contributed by atoms with Gasteiger partial charge in [-0.25, -0.2) is 9.82 Å². The van der Waals surface area contributed by atoms with Crippen LogP contribution in [0, 0.1) is 5.82 Å². The third-order valence-corrected chi connectivity index (χ3v) is 4.16. The zero-order valence-electron chi connectivity index (χ0n) is 15.4. The first kappa shape index (κ1) is 22.6. The van der Waals surface area contributed by atoms with E-state index in [1.165, 1.54) is 31.5 Å². The summed E-state index contributed by atoms with van der Waals surface area (Å²) in [6, 6.07) is 9.02. The minimum atomic E-state index is -0.944. The van der Waals surface area contributed by atoms with E-state index >= 15 is 0 Å². The van der Waals surface area contributed by atoms with Gasteiger partial charge < -0.3 is 14.8 Å². The Labute approximate surface area is 176 Å². The smallest absolute Gasteiger partial charge is 0.329 e. The van der Waals surface area contributed by atoms with Crippen molar-refractivity contribution in [2.24, 2.45) is 5.10 Å². The molecule has 2 rings (SSSR count). The fraction of sp³-hybridized carbons (Fsp3) is 0.211. The van der Waals surface area contributed by atoms with Crippen molar-refractivity contribution in [2.45, 2.75) is 6.61 Å². The summed E-state index contributed by atoms with van der Waals surface area (Å²) >= 11 is 12.0. The quantitative estimate of drug-likeness (QED) is 0.285. The molecule has 2 aromatic carbocycles. The zero-order valence-corrected chi connectivity index (χ0v) is 16.9. The topological polar surface area (TPSA) is 89.0 Å². The molecule has 0 unspecified atom stereocenters. The van der Waals surface area contributed by atoms with Crippen molar-refractivity contribution < 1.29 is 23.5 Å². The molecule has 0 heterocycles. The van der Waals surface area contributed by atoms with E-state index in [-0.39, 0.29) is 30.3 Å². The number of carbonyl (C=O) groups excluding carboxylic acids is 2. The van der Waals surface area contributed by atoms with Crippen LogP contribution in [0.3, 0.4) is 0 Å². The maximum atomic E-state index is 13.9. The van der Waals surface area contributed by atoms with Gasteiger partial charge in [-0.1, -0.05) is 29.3 Å². The van der Waals surface area contributed by atoms with Gasteiger partial charge >= 0.3 is 11.8 Å². The first-order chi connectivity index (χ1) is 13.9. The van der Waals surface area contributed by atoms with E-state index in [1.807, 2.05) is 0 Å². The molecule has 0 spiro atoms. The van der Waals surface area contributed by atoms with Crippen LogP contribution < -0.4 is 15.5 Å². The van der Waals surface area contributed by atoms with Gasteiger partial charge in [-0.15, -0.1) is 0 Å². The van der Waals surface area contributed by atoms with Crippen molar-refractivity contribution in [3.05, 3.63) is 63.4 Å². The predicted octanol–water partition coefficient (Wildman–Crippen LogP) is 2.92. The van der Waals surface area contributed by atoms with Gasteiger partial charge in [0.1, 0.15) is 18.2 Å². The normalized spacial score (nSPS) is 10.8. The van der Waals surface area contributed by atoms with E-state index in [1.54, 1.807) is 18.2 Å². The first-order valence-electron chi connectivity index (χ1n) is 8.37. The summed E-state index contributed by atoms with van der Waals surface area (Å²) in [4.78, 5) is 23.2. The Morgan fingerprint density at radius 2 is 2.00 bits per heavy atom. The number of benzene rings is 2. The number of hydrazone groups is 1. The maximum absolute atomic E-state index is 13.9. The van der Waals surface area contributed by atoms with Crippen LogP contribution >= 0.6 is 23.2 Å². The van der Waals surface area contributed by atoms with Crippen molar-refractivity contribution in [3.63, 3.8) is 0 Å². The number of amides is 2. The molecule has 7 nitrogen and oxygen atoms in total.